The molecule has 0 bridgehead atoms. The highest BCUT2D eigenvalue weighted by Gasteiger charge is 2.15. The van der Waals surface area contributed by atoms with E-state index < -0.39 is 0 Å². The third-order valence-electron chi connectivity index (χ3n) is 4.65. The van der Waals surface area contributed by atoms with Crippen LogP contribution in [0.3, 0.4) is 0 Å². The maximum atomic E-state index is 12.2. The summed E-state index contributed by atoms with van der Waals surface area (Å²) < 4.78 is 11.3. The van der Waals surface area contributed by atoms with Crippen LogP contribution < -0.4 is 4.74 Å². The van der Waals surface area contributed by atoms with Crippen molar-refractivity contribution in [2.45, 2.75) is 32.3 Å². The average molecular weight is 374 g/mol. The Labute approximate surface area is 166 Å². The molecular formula is C25H26O3. The highest BCUT2D eigenvalue weighted by Crippen LogP contribution is 2.18. The number of hydrogen-bond donors (Lipinski definition) is 0. The zero-order chi connectivity index (χ0) is 19.6. The lowest BCUT2D eigenvalue weighted by Gasteiger charge is -2.12. The van der Waals surface area contributed by atoms with Gasteiger partial charge in [-0.1, -0.05) is 72.8 Å². The number of hydrogen-bond acceptors (Lipinski definition) is 3. The Balaban J connectivity index is 1.42. The van der Waals surface area contributed by atoms with E-state index in [0.717, 1.165) is 29.7 Å². The number of aryl methyl sites for hydroxylation is 1. The molecule has 28 heavy (non-hydrogen) atoms. The van der Waals surface area contributed by atoms with E-state index >= 15 is 0 Å². The van der Waals surface area contributed by atoms with Crippen LogP contribution in [-0.4, -0.2) is 12.6 Å². The predicted octanol–water partition coefficient (Wildman–Crippen LogP) is 5.55. The number of carbonyl (C=O) groups is 1. The van der Waals surface area contributed by atoms with Gasteiger partial charge in [-0.15, -0.1) is 0 Å². The van der Waals surface area contributed by atoms with Gasteiger partial charge in [0.25, 0.3) is 0 Å². The lowest BCUT2D eigenvalue weighted by atomic mass is 10.0. The van der Waals surface area contributed by atoms with E-state index in [1.807, 2.05) is 67.6 Å². The summed E-state index contributed by atoms with van der Waals surface area (Å²) in [5.74, 6) is 0.443. The minimum absolute atomic E-state index is 0.175. The van der Waals surface area contributed by atoms with Crippen LogP contribution in [0.15, 0.2) is 84.9 Å². The van der Waals surface area contributed by atoms with Gasteiger partial charge in [0.2, 0.25) is 0 Å². The summed E-state index contributed by atoms with van der Waals surface area (Å²) in [7, 11) is 0. The molecule has 0 aliphatic heterocycles. The Morgan fingerprint density at radius 3 is 2.29 bits per heavy atom. The minimum Gasteiger partial charge on any atom is -0.489 e. The summed E-state index contributed by atoms with van der Waals surface area (Å²) in [6.45, 7) is 2.86. The second-order valence-electron chi connectivity index (χ2n) is 6.83. The van der Waals surface area contributed by atoms with E-state index in [1.54, 1.807) is 0 Å². The van der Waals surface area contributed by atoms with Gasteiger partial charge in [0.15, 0.2) is 0 Å². The maximum Gasteiger partial charge on any atom is 0.313 e. The summed E-state index contributed by atoms with van der Waals surface area (Å²) in [6.07, 6.45) is 1.63. The van der Waals surface area contributed by atoms with Crippen LogP contribution in [-0.2, 0) is 22.6 Å². The smallest absolute Gasteiger partial charge is 0.313 e. The molecule has 3 nitrogen and oxygen atoms in total. The molecule has 3 rings (SSSR count). The van der Waals surface area contributed by atoms with Crippen molar-refractivity contribution in [1.82, 2.24) is 0 Å². The Kier molecular flexibility index (Phi) is 7.25. The largest absolute Gasteiger partial charge is 0.489 e. The molecule has 0 heterocycles. The normalized spacial score (nSPS) is 11.6. The van der Waals surface area contributed by atoms with Crippen molar-refractivity contribution in [2.24, 2.45) is 0 Å². The molecule has 144 valence electrons. The lowest BCUT2D eigenvalue weighted by Crippen LogP contribution is -2.14. The Morgan fingerprint density at radius 1 is 0.857 bits per heavy atom. The molecule has 0 amide bonds. The van der Waals surface area contributed by atoms with E-state index in [-0.39, 0.29) is 11.9 Å². The number of rotatable bonds is 9. The number of carbonyl (C=O) groups excluding carboxylic acids is 1. The summed E-state index contributed by atoms with van der Waals surface area (Å²) in [6, 6.07) is 27.9. The first-order valence-corrected chi connectivity index (χ1v) is 9.69. The van der Waals surface area contributed by atoms with Gasteiger partial charge in [-0.05, 0) is 48.6 Å². The van der Waals surface area contributed by atoms with Crippen LogP contribution in [0.4, 0.5) is 0 Å². The number of esters is 1. The third-order valence-corrected chi connectivity index (χ3v) is 4.65. The van der Waals surface area contributed by atoms with Crippen molar-refractivity contribution < 1.29 is 14.3 Å². The third kappa shape index (κ3) is 5.98. The molecule has 3 heteroatoms. The fraction of sp³-hybridized carbons (Fsp3) is 0.240. The van der Waals surface area contributed by atoms with Gasteiger partial charge in [-0.2, -0.15) is 0 Å². The van der Waals surface area contributed by atoms with Crippen LogP contribution in [0.1, 0.15) is 36.0 Å². The van der Waals surface area contributed by atoms with Gasteiger partial charge >= 0.3 is 5.97 Å². The van der Waals surface area contributed by atoms with Gasteiger partial charge in [0.05, 0.1) is 12.5 Å². The van der Waals surface area contributed by atoms with Crippen LogP contribution in [0.2, 0.25) is 0 Å². The molecule has 3 aromatic carbocycles. The van der Waals surface area contributed by atoms with E-state index in [9.17, 15) is 4.79 Å². The van der Waals surface area contributed by atoms with Crippen LogP contribution in [0, 0.1) is 0 Å². The topological polar surface area (TPSA) is 35.5 Å². The second-order valence-corrected chi connectivity index (χ2v) is 6.83. The molecular weight excluding hydrogens is 348 g/mol. The van der Waals surface area contributed by atoms with Crippen LogP contribution >= 0.6 is 0 Å². The fourth-order valence-electron chi connectivity index (χ4n) is 2.98. The van der Waals surface area contributed by atoms with Gasteiger partial charge in [0.1, 0.15) is 12.4 Å². The van der Waals surface area contributed by atoms with Gasteiger partial charge in [-0.25, -0.2) is 0 Å². The van der Waals surface area contributed by atoms with Crippen LogP contribution in [0.5, 0.6) is 5.75 Å². The fourth-order valence-corrected chi connectivity index (χ4v) is 2.98. The number of ether oxygens (including phenoxy) is 2. The molecule has 0 saturated carbocycles. The molecule has 1 atom stereocenters. The monoisotopic (exact) mass is 374 g/mol. The highest BCUT2D eigenvalue weighted by atomic mass is 16.5. The van der Waals surface area contributed by atoms with E-state index in [4.69, 9.17) is 9.47 Å². The Hall–Kier alpha value is -3.07. The molecule has 0 saturated heterocycles. The van der Waals surface area contributed by atoms with Crippen molar-refractivity contribution in [3.8, 4) is 5.75 Å². The quantitative estimate of drug-likeness (QED) is 0.364. The summed E-state index contributed by atoms with van der Waals surface area (Å²) >= 11 is 0. The zero-order valence-corrected chi connectivity index (χ0v) is 16.2. The summed E-state index contributed by atoms with van der Waals surface area (Å²) in [4.78, 5) is 12.2. The van der Waals surface area contributed by atoms with E-state index in [1.165, 1.54) is 5.56 Å². The highest BCUT2D eigenvalue weighted by molar-refractivity contribution is 5.77. The molecule has 0 N–H and O–H groups in total. The molecule has 1 unspecified atom stereocenters. The minimum atomic E-state index is -0.240. The van der Waals surface area contributed by atoms with Crippen molar-refractivity contribution in [3.63, 3.8) is 0 Å². The first kappa shape index (κ1) is 19.7. The van der Waals surface area contributed by atoms with E-state index in [2.05, 4.69) is 24.3 Å². The first-order valence-electron chi connectivity index (χ1n) is 9.69. The Bertz CT molecular complexity index is 859. The van der Waals surface area contributed by atoms with Gasteiger partial charge < -0.3 is 9.47 Å². The Morgan fingerprint density at radius 2 is 1.54 bits per heavy atom. The maximum absolute atomic E-state index is 12.2. The van der Waals surface area contributed by atoms with Gasteiger partial charge in [-0.3, -0.25) is 4.79 Å². The SMILES string of the molecule is CC(C(=O)OCCCc1cccc(OCc2ccccc2)c1)c1ccccc1. The molecule has 0 aliphatic carbocycles. The van der Waals surface area contributed by atoms with Crippen molar-refractivity contribution >= 4 is 5.97 Å². The average Bonchev–Trinajstić information content (AvgIpc) is 2.76. The predicted molar refractivity (Wildman–Crippen MR) is 111 cm³/mol. The second kappa shape index (κ2) is 10.3. The summed E-state index contributed by atoms with van der Waals surface area (Å²) in [5, 5.41) is 0. The molecule has 0 spiro atoms. The molecule has 0 radical (unpaired) electrons. The van der Waals surface area contributed by atoms with Crippen molar-refractivity contribution in [1.29, 1.82) is 0 Å². The molecule has 3 aromatic rings. The molecule has 0 aliphatic rings. The van der Waals surface area contributed by atoms with Crippen LogP contribution in [0.25, 0.3) is 0 Å². The lowest BCUT2D eigenvalue weighted by molar-refractivity contribution is -0.145. The first-order chi connectivity index (χ1) is 13.7. The molecule has 0 fully saturated rings. The van der Waals surface area contributed by atoms with Gasteiger partial charge in [0, 0.05) is 0 Å². The standard InChI is InChI=1S/C25H26O3/c1-20(23-14-6-3-7-15-23)25(26)27-17-9-13-21-12-8-16-24(18-21)28-19-22-10-4-2-5-11-22/h2-8,10-12,14-16,18,20H,9,13,17,19H2,1H3. The summed E-state index contributed by atoms with van der Waals surface area (Å²) in [5.41, 5.74) is 3.31. The molecule has 0 aromatic heterocycles. The zero-order valence-electron chi connectivity index (χ0n) is 16.2. The van der Waals surface area contributed by atoms with Crippen molar-refractivity contribution in [3.05, 3.63) is 102 Å². The number of benzene rings is 3. The van der Waals surface area contributed by atoms with E-state index in [0.29, 0.717) is 13.2 Å². The van der Waals surface area contributed by atoms with Crippen molar-refractivity contribution in [2.75, 3.05) is 6.61 Å².